The molecule has 0 fully saturated rings. The Balaban J connectivity index is 1.43. The molecule has 0 bridgehead atoms. The van der Waals surface area contributed by atoms with Crippen molar-refractivity contribution < 1.29 is 23.8 Å². The van der Waals surface area contributed by atoms with E-state index in [1.54, 1.807) is 12.1 Å². The van der Waals surface area contributed by atoms with Crippen LogP contribution in [0.5, 0.6) is 5.75 Å². The number of carboxylic acid groups (broad SMARTS) is 1. The highest BCUT2D eigenvalue weighted by atomic mass is 16.5. The maximum absolute atomic E-state index is 12.1. The number of hydrogen-bond donors (Lipinski definition) is 1. The van der Waals surface area contributed by atoms with Crippen molar-refractivity contribution in [2.45, 2.75) is 19.3 Å². The summed E-state index contributed by atoms with van der Waals surface area (Å²) in [4.78, 5) is 34.8. The van der Waals surface area contributed by atoms with E-state index < -0.39 is 11.9 Å². The second-order valence-electron chi connectivity index (χ2n) is 6.56. The fraction of sp³-hybridized carbons (Fsp3) is 0.190. The number of carbonyl (C=O) groups is 2. The van der Waals surface area contributed by atoms with Crippen LogP contribution in [0.15, 0.2) is 51.7 Å². The molecule has 1 amide bonds. The molecule has 3 aromatic rings. The molecule has 0 atom stereocenters. The zero-order chi connectivity index (χ0) is 19.7. The number of amides is 1. The number of hydrogen-bond acceptors (Lipinski definition) is 6. The molecule has 0 aliphatic heterocycles. The molecule has 4 rings (SSSR count). The van der Waals surface area contributed by atoms with E-state index in [9.17, 15) is 19.5 Å². The second kappa shape index (κ2) is 7.19. The minimum absolute atomic E-state index is 0.0263. The van der Waals surface area contributed by atoms with Crippen LogP contribution in [-0.2, 0) is 17.6 Å². The summed E-state index contributed by atoms with van der Waals surface area (Å²) in [6.45, 7) is -0.247. The summed E-state index contributed by atoms with van der Waals surface area (Å²) in [5.74, 6) is -1.28. The molecule has 0 radical (unpaired) electrons. The van der Waals surface area contributed by atoms with Gasteiger partial charge in [0.05, 0.1) is 5.97 Å². The molecule has 1 aliphatic rings. The summed E-state index contributed by atoms with van der Waals surface area (Å²) in [6, 6.07) is 10.8. The lowest BCUT2D eigenvalue weighted by Crippen LogP contribution is -2.22. The largest absolute Gasteiger partial charge is 0.545 e. The van der Waals surface area contributed by atoms with Gasteiger partial charge in [-0.1, -0.05) is 12.1 Å². The van der Waals surface area contributed by atoms with Gasteiger partial charge in [0.25, 0.3) is 5.91 Å². The zero-order valence-electron chi connectivity index (χ0n) is 14.8. The van der Waals surface area contributed by atoms with Gasteiger partial charge < -0.3 is 24.4 Å². The van der Waals surface area contributed by atoms with Crippen LogP contribution in [0, 0.1) is 0 Å². The van der Waals surface area contributed by atoms with Gasteiger partial charge in [-0.3, -0.25) is 4.79 Å². The minimum atomic E-state index is -1.28. The van der Waals surface area contributed by atoms with Gasteiger partial charge in [-0.05, 0) is 54.7 Å². The molecular weight excluding hydrogens is 362 g/mol. The maximum Gasteiger partial charge on any atom is 0.339 e. The van der Waals surface area contributed by atoms with Crippen LogP contribution in [0.2, 0.25) is 0 Å². The van der Waals surface area contributed by atoms with Gasteiger partial charge in [0.15, 0.2) is 6.61 Å². The fourth-order valence-corrected chi connectivity index (χ4v) is 3.39. The highest BCUT2D eigenvalue weighted by molar-refractivity contribution is 5.93. The van der Waals surface area contributed by atoms with Crippen LogP contribution in [0.3, 0.4) is 0 Å². The van der Waals surface area contributed by atoms with E-state index in [1.807, 2.05) is 6.07 Å². The molecule has 0 unspecified atom stereocenters. The van der Waals surface area contributed by atoms with Crippen LogP contribution >= 0.6 is 0 Å². The molecule has 0 spiro atoms. The van der Waals surface area contributed by atoms with Crippen LogP contribution in [0.25, 0.3) is 11.0 Å². The number of rotatable bonds is 5. The van der Waals surface area contributed by atoms with Crippen molar-refractivity contribution in [2.75, 3.05) is 11.9 Å². The Kier molecular flexibility index (Phi) is 4.57. The van der Waals surface area contributed by atoms with Crippen molar-refractivity contribution in [3.05, 3.63) is 69.6 Å². The van der Waals surface area contributed by atoms with Crippen LogP contribution < -0.4 is 20.8 Å². The Labute approximate surface area is 159 Å². The van der Waals surface area contributed by atoms with E-state index in [4.69, 9.17) is 9.15 Å². The van der Waals surface area contributed by atoms with Gasteiger partial charge in [-0.15, -0.1) is 0 Å². The Hall–Kier alpha value is -3.61. The van der Waals surface area contributed by atoms with Crippen molar-refractivity contribution >= 4 is 28.5 Å². The summed E-state index contributed by atoms with van der Waals surface area (Å²) in [5, 5.41) is 14.2. The van der Waals surface area contributed by atoms with Crippen molar-refractivity contribution in [1.82, 2.24) is 0 Å². The molecule has 2 aromatic carbocycles. The second-order valence-corrected chi connectivity index (χ2v) is 6.56. The Morgan fingerprint density at radius 3 is 2.57 bits per heavy atom. The number of carboxylic acids is 1. The number of ether oxygens (including phenoxy) is 1. The fourth-order valence-electron chi connectivity index (χ4n) is 3.39. The number of anilines is 1. The molecule has 1 aromatic heterocycles. The first-order valence-electron chi connectivity index (χ1n) is 8.84. The van der Waals surface area contributed by atoms with Gasteiger partial charge in [0.1, 0.15) is 11.3 Å². The number of aryl methyl sites for hydroxylation is 1. The number of fused-ring (bicyclic) bond motifs is 3. The summed E-state index contributed by atoms with van der Waals surface area (Å²) in [6.07, 6.45) is 2.55. The number of benzene rings is 2. The predicted octanol–water partition coefficient (Wildman–Crippen LogP) is 1.66. The van der Waals surface area contributed by atoms with Crippen LogP contribution in [0.1, 0.15) is 27.9 Å². The quantitative estimate of drug-likeness (QED) is 0.677. The molecule has 28 heavy (non-hydrogen) atoms. The first-order valence-corrected chi connectivity index (χ1v) is 8.84. The molecule has 7 nitrogen and oxygen atoms in total. The van der Waals surface area contributed by atoms with Crippen molar-refractivity contribution in [3.8, 4) is 5.75 Å². The smallest absolute Gasteiger partial charge is 0.339 e. The van der Waals surface area contributed by atoms with E-state index >= 15 is 0 Å². The van der Waals surface area contributed by atoms with E-state index in [0.717, 1.165) is 35.8 Å². The van der Waals surface area contributed by atoms with E-state index in [1.165, 1.54) is 24.3 Å². The molecule has 1 heterocycles. The SMILES string of the molecule is O=C(COc1ccc2c3c(c(=O)oc2c1)CCC3)Nc1ccc(C(=O)[O-])cc1. The van der Waals surface area contributed by atoms with Crippen molar-refractivity contribution in [3.63, 3.8) is 0 Å². The monoisotopic (exact) mass is 378 g/mol. The van der Waals surface area contributed by atoms with Crippen molar-refractivity contribution in [1.29, 1.82) is 0 Å². The standard InChI is InChI=1S/C21H17NO6/c23-19(22-13-6-4-12(5-7-13)20(24)25)11-27-14-8-9-16-15-2-1-3-17(15)21(26)28-18(16)10-14/h4-10H,1-3,11H2,(H,22,23)(H,24,25)/p-1. The highest BCUT2D eigenvalue weighted by Crippen LogP contribution is 2.29. The topological polar surface area (TPSA) is 109 Å². The minimum Gasteiger partial charge on any atom is -0.545 e. The van der Waals surface area contributed by atoms with E-state index in [0.29, 0.717) is 17.0 Å². The lowest BCUT2D eigenvalue weighted by atomic mass is 10.1. The summed E-state index contributed by atoms with van der Waals surface area (Å²) in [7, 11) is 0. The van der Waals surface area contributed by atoms with Crippen molar-refractivity contribution in [2.24, 2.45) is 0 Å². The summed E-state index contributed by atoms with van der Waals surface area (Å²) in [5.41, 5.74) is 2.40. The third kappa shape index (κ3) is 3.46. The van der Waals surface area contributed by atoms with Gasteiger partial charge in [0.2, 0.25) is 0 Å². The Morgan fingerprint density at radius 1 is 1.07 bits per heavy atom. The van der Waals surface area contributed by atoms with E-state index in [-0.39, 0.29) is 17.8 Å². The molecule has 1 N–H and O–H groups in total. The van der Waals surface area contributed by atoms with Gasteiger partial charge in [-0.2, -0.15) is 0 Å². The normalized spacial score (nSPS) is 12.6. The Bertz CT molecular complexity index is 1130. The van der Waals surface area contributed by atoms with E-state index in [2.05, 4.69) is 5.32 Å². The molecule has 7 heteroatoms. The molecular formula is C21H16NO6-. The molecule has 142 valence electrons. The number of nitrogens with one attached hydrogen (secondary N) is 1. The number of carbonyl (C=O) groups excluding carboxylic acids is 2. The molecule has 0 saturated carbocycles. The molecule has 0 saturated heterocycles. The zero-order valence-corrected chi connectivity index (χ0v) is 14.8. The lowest BCUT2D eigenvalue weighted by Gasteiger charge is -2.10. The maximum atomic E-state index is 12.1. The van der Waals surface area contributed by atoms with Gasteiger partial charge in [-0.25, -0.2) is 4.79 Å². The summed E-state index contributed by atoms with van der Waals surface area (Å²) < 4.78 is 10.9. The Morgan fingerprint density at radius 2 is 1.82 bits per heavy atom. The number of aromatic carboxylic acids is 1. The predicted molar refractivity (Wildman–Crippen MR) is 99.4 cm³/mol. The third-order valence-electron chi connectivity index (χ3n) is 4.72. The summed E-state index contributed by atoms with van der Waals surface area (Å²) >= 11 is 0. The highest BCUT2D eigenvalue weighted by Gasteiger charge is 2.19. The third-order valence-corrected chi connectivity index (χ3v) is 4.72. The first kappa shape index (κ1) is 17.8. The lowest BCUT2D eigenvalue weighted by molar-refractivity contribution is -0.255. The van der Waals surface area contributed by atoms with Gasteiger partial charge in [0, 0.05) is 22.7 Å². The first-order chi connectivity index (χ1) is 13.5. The average Bonchev–Trinajstić information content (AvgIpc) is 3.17. The average molecular weight is 378 g/mol. The van der Waals surface area contributed by atoms with Gasteiger partial charge >= 0.3 is 5.63 Å². The van der Waals surface area contributed by atoms with Crippen LogP contribution in [0.4, 0.5) is 5.69 Å². The van der Waals surface area contributed by atoms with Crippen LogP contribution in [-0.4, -0.2) is 18.5 Å². The molecule has 1 aliphatic carbocycles.